The number of hydrogen-bond acceptors (Lipinski definition) is 5. The Bertz CT molecular complexity index is 1160. The molecular weight excluding hydrogens is 384 g/mol. The van der Waals surface area contributed by atoms with Gasteiger partial charge >= 0.3 is 5.97 Å². The number of benzene rings is 2. The lowest BCUT2D eigenvalue weighted by Crippen LogP contribution is -2.24. The number of rotatable bonds is 7. The molecule has 5 nitrogen and oxygen atoms in total. The minimum atomic E-state index is -0.817. The van der Waals surface area contributed by atoms with Gasteiger partial charge in [-0.25, -0.2) is 4.98 Å². The number of hydrogen-bond donors (Lipinski definition) is 1. The van der Waals surface area contributed by atoms with Crippen molar-refractivity contribution in [3.8, 4) is 0 Å². The van der Waals surface area contributed by atoms with Crippen LogP contribution in [0, 0.1) is 6.92 Å². The molecule has 0 bridgehead atoms. The fraction of sp³-hybridized carbons (Fsp3) is 0.261. The Morgan fingerprint density at radius 2 is 1.90 bits per heavy atom. The summed E-state index contributed by atoms with van der Waals surface area (Å²) in [5, 5.41) is 1.87. The lowest BCUT2D eigenvalue weighted by Gasteiger charge is -2.12. The van der Waals surface area contributed by atoms with E-state index in [0.29, 0.717) is 12.0 Å². The summed E-state index contributed by atoms with van der Waals surface area (Å²) in [5.41, 5.74) is 3.27. The molecule has 1 N–H and O–H groups in total. The number of carbonyl (C=O) groups excluding carboxylic acids is 2. The molecule has 2 aromatic carbocycles. The number of Topliss-reactive ketones (excluding diaryl/α,β-unsaturated/α-hetero) is 1. The normalized spacial score (nSPS) is 12.3. The quantitative estimate of drug-likeness (QED) is 0.337. The van der Waals surface area contributed by atoms with E-state index in [9.17, 15) is 9.59 Å². The van der Waals surface area contributed by atoms with Crippen LogP contribution in [0.3, 0.4) is 0 Å². The van der Waals surface area contributed by atoms with Gasteiger partial charge in [-0.2, -0.15) is 0 Å². The van der Waals surface area contributed by atoms with E-state index in [1.807, 2.05) is 55.5 Å². The molecule has 0 amide bonds. The molecule has 0 fully saturated rings. The molecular formula is C23H22N2O3S. The molecule has 0 radical (unpaired) electrons. The van der Waals surface area contributed by atoms with E-state index in [4.69, 9.17) is 4.74 Å². The van der Waals surface area contributed by atoms with E-state index in [0.717, 1.165) is 38.2 Å². The zero-order valence-corrected chi connectivity index (χ0v) is 17.2. The molecule has 0 spiro atoms. The Labute approximate surface area is 172 Å². The number of nitrogens with one attached hydrogen (secondary N) is 1. The number of aryl methyl sites for hydroxylation is 2. The number of esters is 1. The Morgan fingerprint density at radius 3 is 2.72 bits per heavy atom. The monoisotopic (exact) mass is 406 g/mol. The highest BCUT2D eigenvalue weighted by Crippen LogP contribution is 2.25. The molecule has 0 saturated carbocycles. The van der Waals surface area contributed by atoms with Gasteiger partial charge < -0.3 is 9.72 Å². The second-order valence-electron chi connectivity index (χ2n) is 7.10. The number of aromatic amines is 1. The Morgan fingerprint density at radius 1 is 1.14 bits per heavy atom. The molecule has 1 unspecified atom stereocenters. The molecule has 0 aliphatic rings. The molecule has 29 heavy (non-hydrogen) atoms. The number of thiazole rings is 1. The van der Waals surface area contributed by atoms with Gasteiger partial charge in [-0.15, -0.1) is 11.3 Å². The smallest absolute Gasteiger partial charge is 0.306 e. The minimum Gasteiger partial charge on any atom is -0.454 e. The third-order valence-electron chi connectivity index (χ3n) is 4.93. The van der Waals surface area contributed by atoms with Crippen LogP contribution >= 0.6 is 11.3 Å². The molecule has 1 atom stereocenters. The van der Waals surface area contributed by atoms with Crippen molar-refractivity contribution in [2.75, 3.05) is 0 Å². The number of H-pyrrole nitrogens is 1. The third-order valence-corrected chi connectivity index (χ3v) is 6.02. The lowest BCUT2D eigenvalue weighted by molar-refractivity contribution is -0.146. The van der Waals surface area contributed by atoms with E-state index in [1.165, 1.54) is 0 Å². The van der Waals surface area contributed by atoms with Crippen LogP contribution in [-0.2, 0) is 16.0 Å². The van der Waals surface area contributed by atoms with Crippen LogP contribution in [0.5, 0.6) is 0 Å². The Hall–Kier alpha value is -2.99. The van der Waals surface area contributed by atoms with Gasteiger partial charge in [0.15, 0.2) is 6.10 Å². The fourth-order valence-electron chi connectivity index (χ4n) is 3.52. The second kappa shape index (κ2) is 8.17. The first-order valence-corrected chi connectivity index (χ1v) is 10.5. The van der Waals surface area contributed by atoms with Gasteiger partial charge in [0, 0.05) is 28.6 Å². The number of fused-ring (bicyclic) bond motifs is 2. The molecule has 0 saturated heterocycles. The van der Waals surface area contributed by atoms with Gasteiger partial charge in [0.1, 0.15) is 0 Å². The highest BCUT2D eigenvalue weighted by molar-refractivity contribution is 7.18. The highest BCUT2D eigenvalue weighted by Gasteiger charge is 2.24. The van der Waals surface area contributed by atoms with Crippen LogP contribution in [0.4, 0.5) is 0 Å². The molecule has 6 heteroatoms. The topological polar surface area (TPSA) is 72.1 Å². The maximum absolute atomic E-state index is 12.9. The largest absolute Gasteiger partial charge is 0.454 e. The number of ether oxygens (including phenoxy) is 1. The van der Waals surface area contributed by atoms with Crippen LogP contribution in [0.1, 0.15) is 40.8 Å². The van der Waals surface area contributed by atoms with Crippen molar-refractivity contribution >= 4 is 44.2 Å². The van der Waals surface area contributed by atoms with Gasteiger partial charge in [-0.05, 0) is 44.9 Å². The van der Waals surface area contributed by atoms with Crippen molar-refractivity contribution < 1.29 is 14.3 Å². The molecule has 0 aliphatic heterocycles. The van der Waals surface area contributed by atoms with E-state index in [2.05, 4.69) is 9.97 Å². The Balaban J connectivity index is 1.34. The molecule has 4 aromatic rings. The van der Waals surface area contributed by atoms with Crippen molar-refractivity contribution in [3.05, 3.63) is 64.8 Å². The third kappa shape index (κ3) is 4.07. The maximum Gasteiger partial charge on any atom is 0.306 e. The predicted molar refractivity (Wildman–Crippen MR) is 115 cm³/mol. The summed E-state index contributed by atoms with van der Waals surface area (Å²) < 4.78 is 6.57. The van der Waals surface area contributed by atoms with Gasteiger partial charge in [-0.3, -0.25) is 9.59 Å². The van der Waals surface area contributed by atoms with E-state index in [-0.39, 0.29) is 18.2 Å². The maximum atomic E-state index is 12.9. The fourth-order valence-corrected chi connectivity index (χ4v) is 4.53. The number of carbonyl (C=O) groups is 2. The van der Waals surface area contributed by atoms with Crippen LogP contribution in [0.2, 0.25) is 0 Å². The number of ketones is 1. The van der Waals surface area contributed by atoms with Gasteiger partial charge in [0.25, 0.3) is 0 Å². The highest BCUT2D eigenvalue weighted by atomic mass is 32.1. The molecule has 2 heterocycles. The van der Waals surface area contributed by atoms with Gasteiger partial charge in [0.05, 0.1) is 15.2 Å². The van der Waals surface area contributed by atoms with Crippen LogP contribution in [0.25, 0.3) is 21.1 Å². The zero-order valence-electron chi connectivity index (χ0n) is 16.4. The van der Waals surface area contributed by atoms with Crippen molar-refractivity contribution in [2.24, 2.45) is 0 Å². The average molecular weight is 407 g/mol. The van der Waals surface area contributed by atoms with E-state index < -0.39 is 6.10 Å². The molecule has 2 aromatic heterocycles. The second-order valence-corrected chi connectivity index (χ2v) is 8.21. The van der Waals surface area contributed by atoms with E-state index in [1.54, 1.807) is 18.3 Å². The standard InChI is InChI=1S/C23H22N2O3S/c1-14-22(16-8-3-4-9-17(16)24-14)23(27)15(2)28-21(26)13-7-12-20-25-18-10-5-6-11-19(18)29-20/h3-6,8-11,15,24H,7,12-13H2,1-2H3. The van der Waals surface area contributed by atoms with Crippen molar-refractivity contribution in [1.82, 2.24) is 9.97 Å². The molecule has 4 rings (SSSR count). The SMILES string of the molecule is Cc1[nH]c2ccccc2c1C(=O)C(C)OC(=O)CCCc1nc2ccccc2s1. The lowest BCUT2D eigenvalue weighted by atomic mass is 10.0. The van der Waals surface area contributed by atoms with Crippen LogP contribution < -0.4 is 0 Å². The number of nitrogens with zero attached hydrogens (tertiary/aromatic N) is 1. The first kappa shape index (κ1) is 19.3. The summed E-state index contributed by atoms with van der Waals surface area (Å²) in [6.07, 6.45) is 0.813. The first-order valence-electron chi connectivity index (χ1n) is 9.68. The summed E-state index contributed by atoms with van der Waals surface area (Å²) in [7, 11) is 0. The summed E-state index contributed by atoms with van der Waals surface area (Å²) in [6.45, 7) is 3.49. The molecule has 148 valence electrons. The van der Waals surface area contributed by atoms with Crippen molar-refractivity contribution in [1.29, 1.82) is 0 Å². The predicted octanol–water partition coefficient (Wildman–Crippen LogP) is 5.22. The summed E-state index contributed by atoms with van der Waals surface area (Å²) >= 11 is 1.65. The summed E-state index contributed by atoms with van der Waals surface area (Å²) in [6, 6.07) is 15.6. The van der Waals surface area contributed by atoms with Crippen LogP contribution in [-0.4, -0.2) is 27.8 Å². The Kier molecular flexibility index (Phi) is 5.45. The summed E-state index contributed by atoms with van der Waals surface area (Å²) in [5.74, 6) is -0.538. The average Bonchev–Trinajstić information content (AvgIpc) is 3.26. The molecule has 0 aliphatic carbocycles. The number of aromatic nitrogens is 2. The summed E-state index contributed by atoms with van der Waals surface area (Å²) in [4.78, 5) is 32.9. The van der Waals surface area contributed by atoms with E-state index >= 15 is 0 Å². The zero-order chi connectivity index (χ0) is 20.4. The van der Waals surface area contributed by atoms with Crippen molar-refractivity contribution in [3.63, 3.8) is 0 Å². The van der Waals surface area contributed by atoms with Gasteiger partial charge in [-0.1, -0.05) is 30.3 Å². The van der Waals surface area contributed by atoms with Crippen molar-refractivity contribution in [2.45, 2.75) is 39.2 Å². The number of para-hydroxylation sites is 2. The first-order chi connectivity index (χ1) is 14.0. The van der Waals surface area contributed by atoms with Gasteiger partial charge in [0.2, 0.25) is 5.78 Å². The van der Waals surface area contributed by atoms with Crippen LogP contribution in [0.15, 0.2) is 48.5 Å². The minimum absolute atomic E-state index is 0.181.